The maximum absolute atomic E-state index is 12.5. The summed E-state index contributed by atoms with van der Waals surface area (Å²) in [6.07, 6.45) is 0. The number of amides is 1. The van der Waals surface area contributed by atoms with E-state index in [1.54, 1.807) is 24.3 Å². The Hall–Kier alpha value is -1.39. The molecule has 1 aromatic heterocycles. The second kappa shape index (κ2) is 9.04. The van der Waals surface area contributed by atoms with Crippen LogP contribution in [0.15, 0.2) is 33.5 Å². The molecule has 2 N–H and O–H groups in total. The first-order valence-electron chi connectivity index (χ1n) is 6.62. The van der Waals surface area contributed by atoms with Crippen molar-refractivity contribution in [2.45, 2.75) is 21.9 Å². The van der Waals surface area contributed by atoms with E-state index in [2.05, 4.69) is 20.8 Å². The van der Waals surface area contributed by atoms with Crippen LogP contribution in [0.4, 0.5) is 19.6 Å². The third kappa shape index (κ3) is 5.96. The van der Waals surface area contributed by atoms with Crippen LogP contribution in [0.5, 0.6) is 0 Å². The molecule has 0 bridgehead atoms. The van der Waals surface area contributed by atoms with Crippen LogP contribution in [0.2, 0.25) is 0 Å². The molecule has 10 heteroatoms. The van der Waals surface area contributed by atoms with Crippen molar-refractivity contribution in [1.29, 1.82) is 0 Å². The third-order valence-corrected chi connectivity index (χ3v) is 5.24. The molecule has 1 aromatic carbocycles. The highest BCUT2D eigenvalue weighted by Crippen LogP contribution is 2.32. The quantitative estimate of drug-likeness (QED) is 0.679. The number of benzene rings is 1. The zero-order valence-electron chi connectivity index (χ0n) is 12.1. The average molecular weight is 376 g/mol. The number of para-hydroxylation sites is 1. The molecule has 0 unspecified atom stereocenters. The van der Waals surface area contributed by atoms with E-state index in [4.69, 9.17) is 0 Å². The van der Waals surface area contributed by atoms with Gasteiger partial charge in [-0.1, -0.05) is 47.0 Å². The normalized spacial score (nSPS) is 10.8. The number of hydrogen-bond acceptors (Lipinski definition) is 7. The molecule has 124 valence electrons. The Kier molecular flexibility index (Phi) is 7.06. The van der Waals surface area contributed by atoms with Gasteiger partial charge >= 0.3 is 0 Å². The Labute approximate surface area is 144 Å². The van der Waals surface area contributed by atoms with Crippen molar-refractivity contribution >= 4 is 51.6 Å². The minimum atomic E-state index is -2.53. The zero-order valence-corrected chi connectivity index (χ0v) is 14.5. The fraction of sp³-hybridized carbons (Fsp3) is 0.308. The van der Waals surface area contributed by atoms with Crippen LogP contribution >= 0.6 is 34.9 Å². The van der Waals surface area contributed by atoms with Crippen molar-refractivity contribution in [3.05, 3.63) is 24.3 Å². The van der Waals surface area contributed by atoms with E-state index < -0.39 is 5.76 Å². The fourth-order valence-corrected chi connectivity index (χ4v) is 3.79. The molecule has 23 heavy (non-hydrogen) atoms. The number of alkyl halides is 2. The summed E-state index contributed by atoms with van der Waals surface area (Å²) in [4.78, 5) is 12.3. The topological polar surface area (TPSA) is 66.9 Å². The SMILES string of the molecule is CCNc1nnc(SCC(=O)Nc2ccccc2SC(F)F)s1. The highest BCUT2D eigenvalue weighted by Gasteiger charge is 2.13. The Morgan fingerprint density at radius 3 is 2.87 bits per heavy atom. The summed E-state index contributed by atoms with van der Waals surface area (Å²) < 4.78 is 25.7. The third-order valence-electron chi connectivity index (χ3n) is 2.44. The number of aromatic nitrogens is 2. The first-order valence-corrected chi connectivity index (χ1v) is 9.30. The summed E-state index contributed by atoms with van der Waals surface area (Å²) in [5.41, 5.74) is 0.383. The second-order valence-electron chi connectivity index (χ2n) is 4.11. The molecule has 2 rings (SSSR count). The number of rotatable bonds is 8. The minimum Gasteiger partial charge on any atom is -0.360 e. The number of nitrogens with one attached hydrogen (secondary N) is 2. The summed E-state index contributed by atoms with van der Waals surface area (Å²) in [5, 5.41) is 14.3. The summed E-state index contributed by atoms with van der Waals surface area (Å²) in [6.45, 7) is 2.70. The van der Waals surface area contributed by atoms with E-state index in [0.29, 0.717) is 31.8 Å². The summed E-state index contributed by atoms with van der Waals surface area (Å²) in [5.74, 6) is -2.68. The number of thioether (sulfide) groups is 2. The number of halogens is 2. The lowest BCUT2D eigenvalue weighted by Gasteiger charge is -2.09. The Balaban J connectivity index is 1.89. The molecule has 0 atom stereocenters. The average Bonchev–Trinajstić information content (AvgIpc) is 2.95. The van der Waals surface area contributed by atoms with Crippen LogP contribution < -0.4 is 10.6 Å². The maximum Gasteiger partial charge on any atom is 0.288 e. The van der Waals surface area contributed by atoms with Gasteiger partial charge in [-0.2, -0.15) is 8.78 Å². The molecule has 1 amide bonds. The van der Waals surface area contributed by atoms with Gasteiger partial charge in [0.1, 0.15) is 0 Å². The molecular weight excluding hydrogens is 362 g/mol. The lowest BCUT2D eigenvalue weighted by Crippen LogP contribution is -2.14. The van der Waals surface area contributed by atoms with Crippen LogP contribution in [-0.2, 0) is 4.79 Å². The van der Waals surface area contributed by atoms with E-state index in [-0.39, 0.29) is 11.7 Å². The molecular formula is C13H14F2N4OS3. The first kappa shape index (κ1) is 18.0. The largest absolute Gasteiger partial charge is 0.360 e. The van der Waals surface area contributed by atoms with Gasteiger partial charge < -0.3 is 10.6 Å². The van der Waals surface area contributed by atoms with E-state index in [0.717, 1.165) is 6.54 Å². The van der Waals surface area contributed by atoms with Gasteiger partial charge in [-0.3, -0.25) is 4.79 Å². The van der Waals surface area contributed by atoms with Crippen molar-refractivity contribution < 1.29 is 13.6 Å². The molecule has 0 aliphatic rings. The van der Waals surface area contributed by atoms with Crippen molar-refractivity contribution in [2.24, 2.45) is 0 Å². The molecule has 0 saturated carbocycles. The van der Waals surface area contributed by atoms with E-state index in [1.807, 2.05) is 6.92 Å². The Morgan fingerprint density at radius 2 is 2.13 bits per heavy atom. The fourth-order valence-electron chi connectivity index (χ4n) is 1.57. The maximum atomic E-state index is 12.5. The highest BCUT2D eigenvalue weighted by molar-refractivity contribution is 8.01. The zero-order chi connectivity index (χ0) is 16.7. The monoisotopic (exact) mass is 376 g/mol. The van der Waals surface area contributed by atoms with Crippen LogP contribution in [0.1, 0.15) is 6.92 Å². The van der Waals surface area contributed by atoms with Gasteiger partial charge in [-0.15, -0.1) is 10.2 Å². The van der Waals surface area contributed by atoms with Gasteiger partial charge in [0.25, 0.3) is 5.76 Å². The van der Waals surface area contributed by atoms with Crippen LogP contribution in [0, 0.1) is 0 Å². The summed E-state index contributed by atoms with van der Waals surface area (Å²) in [6, 6.07) is 6.48. The van der Waals surface area contributed by atoms with Gasteiger partial charge in [0.2, 0.25) is 11.0 Å². The van der Waals surface area contributed by atoms with Gasteiger partial charge in [-0.05, 0) is 19.1 Å². The van der Waals surface area contributed by atoms with Gasteiger partial charge in [0.15, 0.2) is 4.34 Å². The van der Waals surface area contributed by atoms with E-state index in [1.165, 1.54) is 23.1 Å². The van der Waals surface area contributed by atoms with Crippen molar-refractivity contribution in [2.75, 3.05) is 22.9 Å². The molecule has 2 aromatic rings. The van der Waals surface area contributed by atoms with Gasteiger partial charge in [0, 0.05) is 11.4 Å². The molecule has 5 nitrogen and oxygen atoms in total. The van der Waals surface area contributed by atoms with Gasteiger partial charge in [0.05, 0.1) is 11.4 Å². The van der Waals surface area contributed by atoms with Crippen molar-refractivity contribution in [3.8, 4) is 0 Å². The smallest absolute Gasteiger partial charge is 0.288 e. The molecule has 1 heterocycles. The van der Waals surface area contributed by atoms with Crippen molar-refractivity contribution in [3.63, 3.8) is 0 Å². The van der Waals surface area contributed by atoms with E-state index in [9.17, 15) is 13.6 Å². The highest BCUT2D eigenvalue weighted by atomic mass is 32.2. The molecule has 0 spiro atoms. The second-order valence-corrected chi connectivity index (χ2v) is 7.35. The Bertz CT molecular complexity index is 654. The van der Waals surface area contributed by atoms with Crippen LogP contribution in [0.3, 0.4) is 0 Å². The predicted molar refractivity (Wildman–Crippen MR) is 91.7 cm³/mol. The number of nitrogens with zero attached hydrogens (tertiary/aromatic N) is 2. The van der Waals surface area contributed by atoms with Crippen LogP contribution in [0.25, 0.3) is 0 Å². The molecule has 0 aliphatic heterocycles. The lowest BCUT2D eigenvalue weighted by molar-refractivity contribution is -0.113. The van der Waals surface area contributed by atoms with E-state index >= 15 is 0 Å². The molecule has 0 fully saturated rings. The number of carbonyl (C=O) groups is 1. The van der Waals surface area contributed by atoms with Crippen molar-refractivity contribution in [1.82, 2.24) is 10.2 Å². The molecule has 0 radical (unpaired) electrons. The molecule has 0 saturated heterocycles. The van der Waals surface area contributed by atoms with Gasteiger partial charge in [-0.25, -0.2) is 0 Å². The standard InChI is InChI=1S/C13H14F2N4OS3/c1-2-16-12-18-19-13(23-12)21-7-10(20)17-8-5-3-4-6-9(8)22-11(14)15/h3-6,11H,2,7H2,1H3,(H,16,18)(H,17,20). The number of anilines is 2. The first-order chi connectivity index (χ1) is 11.1. The number of hydrogen-bond donors (Lipinski definition) is 2. The lowest BCUT2D eigenvalue weighted by atomic mass is 10.3. The minimum absolute atomic E-state index is 0.133. The Morgan fingerprint density at radius 1 is 1.35 bits per heavy atom. The number of carbonyl (C=O) groups excluding carboxylic acids is 1. The summed E-state index contributed by atoms with van der Waals surface area (Å²) >= 11 is 3.02. The van der Waals surface area contributed by atoms with Crippen LogP contribution in [-0.4, -0.2) is 34.2 Å². The summed E-state index contributed by atoms with van der Waals surface area (Å²) in [7, 11) is 0. The molecule has 0 aliphatic carbocycles. The predicted octanol–water partition coefficient (Wildman–Crippen LogP) is 4.02.